The maximum absolute atomic E-state index is 2.35. The molecule has 0 amide bonds. The summed E-state index contributed by atoms with van der Waals surface area (Å²) in [5, 5.41) is 0. The van der Waals surface area contributed by atoms with Gasteiger partial charge < -0.3 is 0 Å². The summed E-state index contributed by atoms with van der Waals surface area (Å²) >= 11 is 0. The molecule has 0 rings (SSSR count). The highest BCUT2D eigenvalue weighted by Crippen LogP contribution is 2.06. The molecule has 0 aromatic rings. The summed E-state index contributed by atoms with van der Waals surface area (Å²) in [6.45, 7) is 6.98. The average molecular weight is 172 g/mol. The third-order valence-corrected chi connectivity index (χ3v) is 4.70. The summed E-state index contributed by atoms with van der Waals surface area (Å²) in [6, 6.07) is 3.16. The zero-order valence-corrected chi connectivity index (χ0v) is 9.94. The summed E-state index contributed by atoms with van der Waals surface area (Å²) in [7, 11) is 0.336. The van der Waals surface area contributed by atoms with E-state index in [1.807, 2.05) is 0 Å². The molecule has 0 bridgehead atoms. The van der Waals surface area contributed by atoms with Crippen LogP contribution in [0.25, 0.3) is 0 Å². The second kappa shape index (κ2) is 8.31. The van der Waals surface area contributed by atoms with Crippen molar-refractivity contribution in [3.8, 4) is 0 Å². The maximum Gasteiger partial charge on any atom is 0.0200 e. The van der Waals surface area contributed by atoms with Crippen molar-refractivity contribution in [2.45, 2.75) is 58.5 Å². The molecule has 0 aliphatic rings. The zero-order valence-electron chi connectivity index (χ0n) is 8.53. The van der Waals surface area contributed by atoms with Gasteiger partial charge in [0.25, 0.3) is 0 Å². The van der Waals surface area contributed by atoms with Crippen molar-refractivity contribution in [3.05, 3.63) is 0 Å². The van der Waals surface area contributed by atoms with E-state index in [1.165, 1.54) is 25.7 Å². The topological polar surface area (TPSA) is 0 Å². The molecule has 0 spiro atoms. The summed E-state index contributed by atoms with van der Waals surface area (Å²) in [5.74, 6) is 0.966. The Morgan fingerprint density at radius 1 is 1.09 bits per heavy atom. The van der Waals surface area contributed by atoms with Crippen LogP contribution in [0.15, 0.2) is 0 Å². The molecule has 0 aromatic carbocycles. The summed E-state index contributed by atoms with van der Waals surface area (Å²) in [6.07, 6.45) is 5.84. The lowest BCUT2D eigenvalue weighted by molar-refractivity contribution is 0.692. The molecule has 0 aromatic heterocycles. The van der Waals surface area contributed by atoms with Crippen molar-refractivity contribution < 1.29 is 0 Å². The Morgan fingerprint density at radius 2 is 1.82 bits per heavy atom. The number of hydrogen-bond donors (Lipinski definition) is 0. The van der Waals surface area contributed by atoms with E-state index in [9.17, 15) is 0 Å². The Kier molecular flexibility index (Phi) is 8.48. The molecule has 0 saturated carbocycles. The van der Waals surface area contributed by atoms with Crippen LogP contribution in [0.2, 0.25) is 12.1 Å². The van der Waals surface area contributed by atoms with E-state index in [1.54, 1.807) is 12.1 Å². The molecular weight excluding hydrogens is 148 g/mol. The molecule has 0 heterocycles. The second-order valence-corrected chi connectivity index (χ2v) is 5.94. The van der Waals surface area contributed by atoms with E-state index in [2.05, 4.69) is 20.8 Å². The fourth-order valence-corrected chi connectivity index (χ4v) is 3.15. The van der Waals surface area contributed by atoms with Gasteiger partial charge in [0.05, 0.1) is 0 Å². The molecule has 11 heavy (non-hydrogen) atoms. The zero-order chi connectivity index (χ0) is 8.53. The summed E-state index contributed by atoms with van der Waals surface area (Å²) in [4.78, 5) is 0. The normalized spacial score (nSPS) is 12.0. The number of unbranched alkanes of at least 4 members (excludes halogenated alkanes) is 3. The fourth-order valence-electron chi connectivity index (χ4n) is 1.33. The van der Waals surface area contributed by atoms with E-state index in [0.717, 1.165) is 5.92 Å². The van der Waals surface area contributed by atoms with Gasteiger partial charge in [-0.3, -0.25) is 0 Å². The van der Waals surface area contributed by atoms with Gasteiger partial charge in [0.2, 0.25) is 0 Å². The smallest absolute Gasteiger partial charge is 0.0200 e. The third-order valence-electron chi connectivity index (χ3n) is 2.14. The summed E-state index contributed by atoms with van der Waals surface area (Å²) < 4.78 is 0. The quantitative estimate of drug-likeness (QED) is 0.408. The number of rotatable bonds is 7. The lowest BCUT2D eigenvalue weighted by Gasteiger charge is -2.02. The van der Waals surface area contributed by atoms with E-state index in [-0.39, 0.29) is 0 Å². The van der Waals surface area contributed by atoms with Crippen LogP contribution >= 0.6 is 0 Å². The van der Waals surface area contributed by atoms with Crippen LogP contribution in [-0.2, 0) is 0 Å². The molecule has 0 unspecified atom stereocenters. The van der Waals surface area contributed by atoms with E-state index >= 15 is 0 Å². The van der Waals surface area contributed by atoms with Crippen LogP contribution in [-0.4, -0.2) is 9.52 Å². The Labute approximate surface area is 74.6 Å². The van der Waals surface area contributed by atoms with Gasteiger partial charge in [-0.25, -0.2) is 0 Å². The predicted molar refractivity (Wildman–Crippen MR) is 57.1 cm³/mol. The van der Waals surface area contributed by atoms with Crippen molar-refractivity contribution in [1.29, 1.82) is 0 Å². The van der Waals surface area contributed by atoms with Crippen LogP contribution in [0.3, 0.4) is 0 Å². The maximum atomic E-state index is 2.35. The van der Waals surface area contributed by atoms with Crippen molar-refractivity contribution >= 4 is 9.52 Å². The molecule has 0 aliphatic carbocycles. The second-order valence-electron chi connectivity index (χ2n) is 3.95. The number of hydrogen-bond acceptors (Lipinski definition) is 0. The molecule has 0 N–H and O–H groups in total. The first kappa shape index (κ1) is 11.2. The van der Waals surface area contributed by atoms with Crippen molar-refractivity contribution in [2.75, 3.05) is 0 Å². The Bertz CT molecular complexity index is 69.3. The van der Waals surface area contributed by atoms with Crippen molar-refractivity contribution in [2.24, 2.45) is 5.92 Å². The molecule has 0 aliphatic heterocycles. The minimum atomic E-state index is 0.336. The predicted octanol–water partition coefficient (Wildman–Crippen LogP) is 3.23. The molecule has 0 nitrogen and oxygen atoms in total. The lowest BCUT2D eigenvalue weighted by atomic mass is 10.2. The average Bonchev–Trinajstić information content (AvgIpc) is 1.96. The molecule has 0 saturated heterocycles. The lowest BCUT2D eigenvalue weighted by Crippen LogP contribution is -1.95. The van der Waals surface area contributed by atoms with Crippen LogP contribution in [0.4, 0.5) is 0 Å². The highest BCUT2D eigenvalue weighted by atomic mass is 28.2. The van der Waals surface area contributed by atoms with Gasteiger partial charge in [0.15, 0.2) is 0 Å². The molecule has 1 heteroatoms. The Balaban J connectivity index is 2.80. The van der Waals surface area contributed by atoms with Crippen molar-refractivity contribution in [1.82, 2.24) is 0 Å². The molecule has 68 valence electrons. The molecular formula is C10H24Si. The van der Waals surface area contributed by atoms with Gasteiger partial charge in [-0.2, -0.15) is 0 Å². The van der Waals surface area contributed by atoms with Gasteiger partial charge in [0, 0.05) is 9.52 Å². The Hall–Kier alpha value is 0.217. The first-order valence-electron chi connectivity index (χ1n) is 5.27. The molecule has 0 fully saturated rings. The van der Waals surface area contributed by atoms with Crippen LogP contribution in [0.1, 0.15) is 46.5 Å². The largest absolute Gasteiger partial charge is 0.0654 e. The van der Waals surface area contributed by atoms with Gasteiger partial charge in [-0.15, -0.1) is 0 Å². The van der Waals surface area contributed by atoms with E-state index in [4.69, 9.17) is 0 Å². The summed E-state index contributed by atoms with van der Waals surface area (Å²) in [5.41, 5.74) is 0. The highest BCUT2D eigenvalue weighted by molar-refractivity contribution is 6.35. The van der Waals surface area contributed by atoms with Crippen molar-refractivity contribution in [3.63, 3.8) is 0 Å². The molecule has 0 radical (unpaired) electrons. The Morgan fingerprint density at radius 3 is 2.36 bits per heavy atom. The standard InChI is InChI=1S/C10H24Si/c1-4-5-6-7-8-11-9-10(2)3/h10H,4-9,11H2,1-3H3. The minimum Gasteiger partial charge on any atom is -0.0654 e. The van der Waals surface area contributed by atoms with Crippen LogP contribution in [0, 0.1) is 5.92 Å². The monoisotopic (exact) mass is 172 g/mol. The van der Waals surface area contributed by atoms with Crippen LogP contribution in [0.5, 0.6) is 0 Å². The van der Waals surface area contributed by atoms with E-state index in [0.29, 0.717) is 9.52 Å². The first-order valence-corrected chi connectivity index (χ1v) is 7.27. The third kappa shape index (κ3) is 10.2. The first-order chi connectivity index (χ1) is 5.27. The van der Waals surface area contributed by atoms with Gasteiger partial charge in [0.1, 0.15) is 0 Å². The fraction of sp³-hybridized carbons (Fsp3) is 1.00. The highest BCUT2D eigenvalue weighted by Gasteiger charge is 1.94. The van der Waals surface area contributed by atoms with Gasteiger partial charge >= 0.3 is 0 Å². The van der Waals surface area contributed by atoms with E-state index < -0.39 is 0 Å². The molecule has 0 atom stereocenters. The van der Waals surface area contributed by atoms with Gasteiger partial charge in [-0.05, 0) is 0 Å². The SMILES string of the molecule is CCCCCC[SiH2]CC(C)C. The minimum absolute atomic E-state index is 0.336. The van der Waals surface area contributed by atoms with Crippen LogP contribution < -0.4 is 0 Å². The van der Waals surface area contributed by atoms with Gasteiger partial charge in [-0.1, -0.05) is 64.5 Å².